The zero-order valence-corrected chi connectivity index (χ0v) is 11.9. The monoisotopic (exact) mass is 279 g/mol. The zero-order chi connectivity index (χ0) is 15.1. The average molecular weight is 279 g/mol. The Labute approximate surface area is 124 Å². The second kappa shape index (κ2) is 7.22. The maximum absolute atomic E-state index is 12.2. The molecule has 0 saturated heterocycles. The van der Waals surface area contributed by atoms with Gasteiger partial charge in [0, 0.05) is 30.1 Å². The first-order valence-corrected chi connectivity index (χ1v) is 6.67. The number of aromatic nitrogens is 1. The SMILES string of the molecule is Cc1ccc(C(=O)NCc2cccnc2)cc1C#CCN. The summed E-state index contributed by atoms with van der Waals surface area (Å²) < 4.78 is 0. The minimum absolute atomic E-state index is 0.130. The van der Waals surface area contributed by atoms with E-state index in [1.165, 1.54) is 0 Å². The van der Waals surface area contributed by atoms with Gasteiger partial charge in [0.05, 0.1) is 6.54 Å². The van der Waals surface area contributed by atoms with Crippen molar-refractivity contribution in [2.45, 2.75) is 13.5 Å². The van der Waals surface area contributed by atoms with Crippen molar-refractivity contribution in [3.63, 3.8) is 0 Å². The Morgan fingerprint density at radius 2 is 2.24 bits per heavy atom. The Morgan fingerprint density at radius 1 is 1.38 bits per heavy atom. The Bertz CT molecular complexity index is 684. The molecule has 3 N–H and O–H groups in total. The molecule has 0 spiro atoms. The van der Waals surface area contributed by atoms with E-state index < -0.39 is 0 Å². The normalized spacial score (nSPS) is 9.62. The summed E-state index contributed by atoms with van der Waals surface area (Å²) in [6.07, 6.45) is 3.43. The third-order valence-electron chi connectivity index (χ3n) is 3.00. The second-order valence-corrected chi connectivity index (χ2v) is 4.58. The summed E-state index contributed by atoms with van der Waals surface area (Å²) in [5.74, 6) is 5.65. The van der Waals surface area contributed by atoms with E-state index in [1.54, 1.807) is 24.5 Å². The molecule has 4 nitrogen and oxygen atoms in total. The van der Waals surface area contributed by atoms with Gasteiger partial charge in [-0.2, -0.15) is 0 Å². The number of nitrogens with two attached hydrogens (primary N) is 1. The number of nitrogens with one attached hydrogen (secondary N) is 1. The predicted molar refractivity (Wildman–Crippen MR) is 82.5 cm³/mol. The van der Waals surface area contributed by atoms with E-state index in [9.17, 15) is 4.79 Å². The molecule has 4 heteroatoms. The van der Waals surface area contributed by atoms with Crippen LogP contribution in [0.15, 0.2) is 42.7 Å². The summed E-state index contributed by atoms with van der Waals surface area (Å²) in [5.41, 5.74) is 8.78. The molecule has 0 fully saturated rings. The van der Waals surface area contributed by atoms with Gasteiger partial charge < -0.3 is 11.1 Å². The molecule has 0 saturated carbocycles. The molecule has 1 heterocycles. The van der Waals surface area contributed by atoms with Crippen molar-refractivity contribution >= 4 is 5.91 Å². The number of amides is 1. The standard InChI is InChI=1S/C17H17N3O/c1-13-6-7-16(10-15(13)5-2-8-18)17(21)20-12-14-4-3-9-19-11-14/h3-4,6-7,9-11H,8,12,18H2,1H3,(H,20,21). The van der Waals surface area contributed by atoms with E-state index in [4.69, 9.17) is 5.73 Å². The first kappa shape index (κ1) is 14.8. The molecule has 0 aliphatic carbocycles. The first-order chi connectivity index (χ1) is 10.2. The van der Waals surface area contributed by atoms with Gasteiger partial charge in [0.2, 0.25) is 0 Å². The van der Waals surface area contributed by atoms with Crippen LogP contribution in [0.25, 0.3) is 0 Å². The highest BCUT2D eigenvalue weighted by Gasteiger charge is 2.07. The number of carbonyl (C=O) groups is 1. The van der Waals surface area contributed by atoms with Gasteiger partial charge in [0.25, 0.3) is 5.91 Å². The van der Waals surface area contributed by atoms with Gasteiger partial charge in [-0.25, -0.2) is 0 Å². The largest absolute Gasteiger partial charge is 0.348 e. The fourth-order valence-electron chi connectivity index (χ4n) is 1.83. The van der Waals surface area contributed by atoms with Crippen molar-refractivity contribution in [3.05, 3.63) is 65.0 Å². The van der Waals surface area contributed by atoms with E-state index in [2.05, 4.69) is 22.1 Å². The maximum Gasteiger partial charge on any atom is 0.251 e. The lowest BCUT2D eigenvalue weighted by Crippen LogP contribution is -2.22. The topological polar surface area (TPSA) is 68.0 Å². The smallest absolute Gasteiger partial charge is 0.251 e. The van der Waals surface area contributed by atoms with Gasteiger partial charge in [-0.15, -0.1) is 0 Å². The average Bonchev–Trinajstić information content (AvgIpc) is 2.53. The molecule has 0 atom stereocenters. The van der Waals surface area contributed by atoms with Crippen LogP contribution in [0.1, 0.15) is 27.0 Å². The minimum Gasteiger partial charge on any atom is -0.348 e. The molecule has 2 aromatic rings. The third kappa shape index (κ3) is 4.16. The molecule has 0 radical (unpaired) electrons. The number of nitrogens with zero attached hydrogens (tertiary/aromatic N) is 1. The van der Waals surface area contributed by atoms with Crippen LogP contribution in [0.2, 0.25) is 0 Å². The lowest BCUT2D eigenvalue weighted by atomic mass is 10.0. The van der Waals surface area contributed by atoms with Crippen LogP contribution in [0.4, 0.5) is 0 Å². The van der Waals surface area contributed by atoms with E-state index in [-0.39, 0.29) is 5.91 Å². The zero-order valence-electron chi connectivity index (χ0n) is 11.9. The summed E-state index contributed by atoms with van der Waals surface area (Å²) in [7, 11) is 0. The van der Waals surface area contributed by atoms with E-state index >= 15 is 0 Å². The van der Waals surface area contributed by atoms with Gasteiger partial charge >= 0.3 is 0 Å². The van der Waals surface area contributed by atoms with Crippen molar-refractivity contribution in [2.24, 2.45) is 5.73 Å². The van der Waals surface area contributed by atoms with Crippen LogP contribution in [0.3, 0.4) is 0 Å². The summed E-state index contributed by atoms with van der Waals surface area (Å²) in [6.45, 7) is 2.71. The van der Waals surface area contributed by atoms with Crippen LogP contribution >= 0.6 is 0 Å². The van der Waals surface area contributed by atoms with Crippen LogP contribution in [0, 0.1) is 18.8 Å². The number of rotatable bonds is 3. The van der Waals surface area contributed by atoms with Crippen molar-refractivity contribution in [2.75, 3.05) is 6.54 Å². The van der Waals surface area contributed by atoms with Crippen molar-refractivity contribution in [1.29, 1.82) is 0 Å². The van der Waals surface area contributed by atoms with Gasteiger partial charge in [-0.1, -0.05) is 24.0 Å². The van der Waals surface area contributed by atoms with Gasteiger partial charge in [0.15, 0.2) is 0 Å². The van der Waals surface area contributed by atoms with Crippen LogP contribution in [-0.4, -0.2) is 17.4 Å². The number of benzene rings is 1. The Balaban J connectivity index is 2.09. The van der Waals surface area contributed by atoms with Crippen molar-refractivity contribution in [3.8, 4) is 11.8 Å². The fourth-order valence-corrected chi connectivity index (χ4v) is 1.83. The minimum atomic E-state index is -0.130. The molecule has 1 aromatic heterocycles. The third-order valence-corrected chi connectivity index (χ3v) is 3.00. The number of pyridine rings is 1. The molecule has 21 heavy (non-hydrogen) atoms. The van der Waals surface area contributed by atoms with E-state index in [1.807, 2.05) is 25.1 Å². The molecule has 106 valence electrons. The second-order valence-electron chi connectivity index (χ2n) is 4.58. The number of hydrogen-bond donors (Lipinski definition) is 2. The first-order valence-electron chi connectivity index (χ1n) is 6.67. The summed E-state index contributed by atoms with van der Waals surface area (Å²) >= 11 is 0. The molecule has 0 aliphatic heterocycles. The fraction of sp³-hybridized carbons (Fsp3) is 0.176. The highest BCUT2D eigenvalue weighted by molar-refractivity contribution is 5.94. The molecular weight excluding hydrogens is 262 g/mol. The lowest BCUT2D eigenvalue weighted by molar-refractivity contribution is 0.0951. The molecule has 2 rings (SSSR count). The highest BCUT2D eigenvalue weighted by Crippen LogP contribution is 2.10. The molecule has 1 aromatic carbocycles. The molecule has 0 unspecified atom stereocenters. The van der Waals surface area contributed by atoms with Gasteiger partial charge in [0.1, 0.15) is 0 Å². The number of carbonyl (C=O) groups excluding carboxylic acids is 1. The lowest BCUT2D eigenvalue weighted by Gasteiger charge is -2.06. The molecule has 1 amide bonds. The summed E-state index contributed by atoms with van der Waals surface area (Å²) in [6, 6.07) is 9.23. The molecular formula is C17H17N3O. The van der Waals surface area contributed by atoms with E-state index in [0.717, 1.165) is 16.7 Å². The molecule has 0 bridgehead atoms. The van der Waals surface area contributed by atoms with Crippen LogP contribution in [-0.2, 0) is 6.54 Å². The van der Waals surface area contributed by atoms with Crippen LogP contribution in [0.5, 0.6) is 0 Å². The van der Waals surface area contributed by atoms with Crippen molar-refractivity contribution in [1.82, 2.24) is 10.3 Å². The Morgan fingerprint density at radius 3 is 2.95 bits per heavy atom. The number of aryl methyl sites for hydroxylation is 1. The van der Waals surface area contributed by atoms with Gasteiger partial charge in [-0.05, 0) is 36.2 Å². The Kier molecular flexibility index (Phi) is 5.08. The summed E-state index contributed by atoms with van der Waals surface area (Å²) in [5, 5.41) is 2.87. The predicted octanol–water partition coefficient (Wildman–Crippen LogP) is 1.63. The number of hydrogen-bond acceptors (Lipinski definition) is 3. The quantitative estimate of drug-likeness (QED) is 0.839. The van der Waals surface area contributed by atoms with E-state index in [0.29, 0.717) is 18.7 Å². The molecule has 0 aliphatic rings. The van der Waals surface area contributed by atoms with Crippen LogP contribution < -0.4 is 11.1 Å². The van der Waals surface area contributed by atoms with Crippen molar-refractivity contribution < 1.29 is 4.79 Å². The Hall–Kier alpha value is -2.64. The van der Waals surface area contributed by atoms with Gasteiger partial charge in [-0.3, -0.25) is 9.78 Å². The highest BCUT2D eigenvalue weighted by atomic mass is 16.1. The maximum atomic E-state index is 12.2. The summed E-state index contributed by atoms with van der Waals surface area (Å²) in [4.78, 5) is 16.2.